The molecule has 24 heavy (non-hydrogen) atoms. The van der Waals surface area contributed by atoms with Gasteiger partial charge in [-0.2, -0.15) is 0 Å². The molecule has 3 aromatic rings. The second-order valence-corrected chi connectivity index (χ2v) is 5.46. The van der Waals surface area contributed by atoms with Crippen LogP contribution in [-0.4, -0.2) is 21.9 Å². The quantitative estimate of drug-likeness (QED) is 0.737. The van der Waals surface area contributed by atoms with E-state index < -0.39 is 11.7 Å². The number of rotatable bonds is 4. The fourth-order valence-corrected chi connectivity index (χ4v) is 2.37. The molecule has 0 amide bonds. The molecule has 1 heterocycles. The third kappa shape index (κ3) is 3.31. The molecular weight excluding hydrogens is 328 g/mol. The highest BCUT2D eigenvalue weighted by Crippen LogP contribution is 2.22. The molecule has 1 aromatic heterocycles. The number of carbonyl (C=O) groups is 1. The van der Waals surface area contributed by atoms with E-state index in [-0.39, 0.29) is 5.56 Å². The summed E-state index contributed by atoms with van der Waals surface area (Å²) in [5, 5.41) is 21.1. The number of aromatic carboxylic acids is 1. The van der Waals surface area contributed by atoms with E-state index in [0.29, 0.717) is 10.7 Å². The first kappa shape index (κ1) is 15.8. The average molecular weight is 340 g/mol. The van der Waals surface area contributed by atoms with Crippen molar-refractivity contribution in [1.82, 2.24) is 4.57 Å². The maximum atomic E-state index is 11.5. The first-order valence-corrected chi connectivity index (χ1v) is 7.44. The van der Waals surface area contributed by atoms with Gasteiger partial charge in [0, 0.05) is 16.9 Å². The van der Waals surface area contributed by atoms with E-state index in [2.05, 4.69) is 4.99 Å². The third-order valence-corrected chi connectivity index (χ3v) is 3.68. The van der Waals surface area contributed by atoms with Crippen LogP contribution in [0.2, 0.25) is 5.02 Å². The van der Waals surface area contributed by atoms with Gasteiger partial charge in [-0.3, -0.25) is 4.99 Å². The molecule has 6 heteroatoms. The summed E-state index contributed by atoms with van der Waals surface area (Å²) in [6.07, 6.45) is 3.49. The summed E-state index contributed by atoms with van der Waals surface area (Å²) in [4.78, 5) is 15.3. The number of aliphatic imine (C=N–C) groups is 1. The Hall–Kier alpha value is -3.05. The van der Waals surface area contributed by atoms with Crippen molar-refractivity contribution < 1.29 is 15.0 Å². The number of carboxylic acids is 1. The van der Waals surface area contributed by atoms with Crippen molar-refractivity contribution in [1.29, 1.82) is 0 Å². The number of halogens is 1. The minimum atomic E-state index is -1.26. The fourth-order valence-electron chi connectivity index (χ4n) is 2.24. The van der Waals surface area contributed by atoms with E-state index in [0.717, 1.165) is 11.4 Å². The summed E-state index contributed by atoms with van der Waals surface area (Å²) < 4.78 is 1.92. The lowest BCUT2D eigenvalue weighted by Gasteiger charge is -2.10. The van der Waals surface area contributed by atoms with Gasteiger partial charge in [-0.15, -0.1) is 0 Å². The SMILES string of the molecule is O=C(O)c1cc(N=Cc2cccn2-c2ccc(Cl)cc2)ccc1[O-]. The van der Waals surface area contributed by atoms with E-state index in [1.165, 1.54) is 18.2 Å². The summed E-state index contributed by atoms with van der Waals surface area (Å²) in [6.45, 7) is 0. The van der Waals surface area contributed by atoms with Crippen molar-refractivity contribution in [3.8, 4) is 11.4 Å². The Morgan fingerprint density at radius 2 is 1.92 bits per heavy atom. The normalized spacial score (nSPS) is 11.0. The zero-order valence-corrected chi connectivity index (χ0v) is 13.1. The molecule has 0 bridgehead atoms. The minimum Gasteiger partial charge on any atom is -0.872 e. The van der Waals surface area contributed by atoms with Crippen molar-refractivity contribution in [3.63, 3.8) is 0 Å². The molecule has 0 spiro atoms. The Kier molecular flexibility index (Phi) is 4.35. The molecule has 0 saturated heterocycles. The van der Waals surface area contributed by atoms with Gasteiger partial charge in [0.2, 0.25) is 0 Å². The molecule has 2 aromatic carbocycles. The van der Waals surface area contributed by atoms with Gasteiger partial charge in [0.05, 0.1) is 23.2 Å². The highest BCUT2D eigenvalue weighted by Gasteiger charge is 2.05. The molecule has 0 unspecified atom stereocenters. The molecule has 1 N–H and O–H groups in total. The Bertz CT molecular complexity index is 914. The molecule has 120 valence electrons. The standard InChI is InChI=1S/C18H13ClN2O3/c19-12-3-6-14(7-4-12)21-9-1-2-15(21)11-20-13-5-8-17(22)16(10-13)18(23)24/h1-11,22H,(H,23,24)/p-1. The van der Waals surface area contributed by atoms with Crippen LogP contribution in [0.1, 0.15) is 16.1 Å². The zero-order chi connectivity index (χ0) is 17.1. The van der Waals surface area contributed by atoms with Crippen molar-refractivity contribution in [2.24, 2.45) is 4.99 Å². The number of nitrogens with zero attached hydrogens (tertiary/aromatic N) is 2. The van der Waals surface area contributed by atoms with Crippen molar-refractivity contribution in [2.45, 2.75) is 0 Å². The summed E-state index contributed by atoms with van der Waals surface area (Å²) in [6, 6.07) is 15.1. The van der Waals surface area contributed by atoms with E-state index >= 15 is 0 Å². The maximum absolute atomic E-state index is 11.5. The summed E-state index contributed by atoms with van der Waals surface area (Å²) in [7, 11) is 0. The Morgan fingerprint density at radius 1 is 1.17 bits per heavy atom. The Morgan fingerprint density at radius 3 is 2.62 bits per heavy atom. The molecule has 0 aliphatic rings. The fraction of sp³-hybridized carbons (Fsp3) is 0. The van der Waals surface area contributed by atoms with Gasteiger partial charge >= 0.3 is 5.97 Å². The maximum Gasteiger partial charge on any atom is 0.335 e. The van der Waals surface area contributed by atoms with Gasteiger partial charge in [-0.25, -0.2) is 4.79 Å². The molecule has 0 aliphatic heterocycles. The van der Waals surface area contributed by atoms with Crippen LogP contribution < -0.4 is 5.11 Å². The van der Waals surface area contributed by atoms with Crippen LogP contribution in [0.15, 0.2) is 65.8 Å². The van der Waals surface area contributed by atoms with Gasteiger partial charge in [-0.05, 0) is 48.5 Å². The predicted octanol–water partition coefficient (Wildman–Crippen LogP) is 3.65. The van der Waals surface area contributed by atoms with Crippen LogP contribution in [0.3, 0.4) is 0 Å². The van der Waals surface area contributed by atoms with Gasteiger partial charge in [0.25, 0.3) is 0 Å². The second-order valence-electron chi connectivity index (χ2n) is 5.02. The van der Waals surface area contributed by atoms with Crippen molar-refractivity contribution in [2.75, 3.05) is 0 Å². The first-order chi connectivity index (χ1) is 11.5. The zero-order valence-electron chi connectivity index (χ0n) is 12.4. The summed E-state index contributed by atoms with van der Waals surface area (Å²) >= 11 is 5.90. The van der Waals surface area contributed by atoms with Crippen LogP contribution >= 0.6 is 11.6 Å². The van der Waals surface area contributed by atoms with Crippen molar-refractivity contribution in [3.05, 3.63) is 77.1 Å². The number of hydrogen-bond donors (Lipinski definition) is 1. The lowest BCUT2D eigenvalue weighted by molar-refractivity contribution is -0.268. The second kappa shape index (κ2) is 6.60. The molecule has 3 rings (SSSR count). The summed E-state index contributed by atoms with van der Waals surface area (Å²) in [5.41, 5.74) is 1.83. The van der Waals surface area contributed by atoms with Crippen LogP contribution in [0, 0.1) is 0 Å². The number of carboxylic acid groups (broad SMARTS) is 1. The van der Waals surface area contributed by atoms with E-state index in [1.54, 1.807) is 18.3 Å². The molecule has 0 fully saturated rings. The van der Waals surface area contributed by atoms with E-state index in [4.69, 9.17) is 16.7 Å². The highest BCUT2D eigenvalue weighted by molar-refractivity contribution is 6.30. The predicted molar refractivity (Wildman–Crippen MR) is 90.9 cm³/mol. The number of hydrogen-bond acceptors (Lipinski definition) is 3. The highest BCUT2D eigenvalue weighted by atomic mass is 35.5. The molecule has 5 nitrogen and oxygen atoms in total. The Balaban J connectivity index is 1.91. The van der Waals surface area contributed by atoms with Gasteiger partial charge < -0.3 is 14.8 Å². The van der Waals surface area contributed by atoms with E-state index in [9.17, 15) is 9.90 Å². The third-order valence-electron chi connectivity index (χ3n) is 3.42. The van der Waals surface area contributed by atoms with Crippen LogP contribution in [-0.2, 0) is 0 Å². The topological polar surface area (TPSA) is 77.6 Å². The van der Waals surface area contributed by atoms with Crippen LogP contribution in [0.4, 0.5) is 5.69 Å². The molecule has 0 saturated carbocycles. The van der Waals surface area contributed by atoms with Gasteiger partial charge in [0.15, 0.2) is 0 Å². The van der Waals surface area contributed by atoms with Crippen LogP contribution in [0.25, 0.3) is 5.69 Å². The van der Waals surface area contributed by atoms with Gasteiger partial charge in [-0.1, -0.05) is 23.4 Å². The minimum absolute atomic E-state index is 0.294. The molecular formula is C18H12ClN2O3-. The number of benzene rings is 2. The van der Waals surface area contributed by atoms with Crippen molar-refractivity contribution >= 4 is 29.5 Å². The smallest absolute Gasteiger partial charge is 0.335 e. The lowest BCUT2D eigenvalue weighted by Crippen LogP contribution is -2.03. The van der Waals surface area contributed by atoms with Crippen LogP contribution in [0.5, 0.6) is 5.75 Å². The largest absolute Gasteiger partial charge is 0.872 e. The molecule has 0 radical (unpaired) electrons. The number of aromatic nitrogens is 1. The van der Waals surface area contributed by atoms with Gasteiger partial charge in [0.1, 0.15) is 0 Å². The van der Waals surface area contributed by atoms with E-state index in [1.807, 2.05) is 35.0 Å². The molecule has 0 atom stereocenters. The molecule has 0 aliphatic carbocycles. The lowest BCUT2D eigenvalue weighted by atomic mass is 10.2. The monoisotopic (exact) mass is 339 g/mol. The Labute approximate surface area is 143 Å². The summed E-state index contributed by atoms with van der Waals surface area (Å²) in [5.74, 6) is -1.80. The first-order valence-electron chi connectivity index (χ1n) is 7.06. The average Bonchev–Trinajstić information content (AvgIpc) is 3.03.